The number of aromatic nitrogens is 1. The van der Waals surface area contributed by atoms with E-state index in [1.165, 1.54) is 6.26 Å². The summed E-state index contributed by atoms with van der Waals surface area (Å²) in [6, 6.07) is 10.2. The molecule has 0 radical (unpaired) electrons. The molecule has 0 amide bonds. The third-order valence-corrected chi connectivity index (χ3v) is 3.97. The van der Waals surface area contributed by atoms with Crippen molar-refractivity contribution in [1.82, 2.24) is 4.98 Å². The molecule has 21 heavy (non-hydrogen) atoms. The van der Waals surface area contributed by atoms with Gasteiger partial charge in [0.05, 0.1) is 4.90 Å². The highest BCUT2D eigenvalue weighted by molar-refractivity contribution is 7.90. The minimum atomic E-state index is -3.17. The van der Waals surface area contributed by atoms with Crippen LogP contribution < -0.4 is 10.1 Å². The Hall–Kier alpha value is -2.08. The van der Waals surface area contributed by atoms with Crippen molar-refractivity contribution in [2.45, 2.75) is 18.4 Å². The first-order valence-corrected chi connectivity index (χ1v) is 8.50. The van der Waals surface area contributed by atoms with Crippen molar-refractivity contribution >= 4 is 15.7 Å². The summed E-state index contributed by atoms with van der Waals surface area (Å²) in [6.45, 7) is 3.22. The lowest BCUT2D eigenvalue weighted by Crippen LogP contribution is -2.02. The van der Waals surface area contributed by atoms with Crippen LogP contribution in [0.3, 0.4) is 0 Å². The Kier molecular flexibility index (Phi) is 4.80. The van der Waals surface area contributed by atoms with Gasteiger partial charge in [0.15, 0.2) is 9.84 Å². The molecular weight excluding hydrogens is 288 g/mol. The predicted molar refractivity (Wildman–Crippen MR) is 82.3 cm³/mol. The zero-order chi connectivity index (χ0) is 15.3. The molecule has 0 atom stereocenters. The molecule has 1 aromatic heterocycles. The smallest absolute Gasteiger partial charge is 0.175 e. The Morgan fingerprint density at radius 2 is 1.90 bits per heavy atom. The maximum absolute atomic E-state index is 11.4. The first kappa shape index (κ1) is 15.3. The Bertz CT molecular complexity index is 697. The SMILES string of the molecule is CCNc1cc(COc2ccc(S(C)(=O)=O)cc2)ccn1. The predicted octanol–water partition coefficient (Wildman–Crippen LogP) is 2.50. The minimum Gasteiger partial charge on any atom is -0.489 e. The Morgan fingerprint density at radius 1 is 1.19 bits per heavy atom. The molecule has 2 rings (SSSR count). The van der Waals surface area contributed by atoms with Gasteiger partial charge in [-0.2, -0.15) is 0 Å². The van der Waals surface area contributed by atoms with Crippen molar-refractivity contribution in [3.8, 4) is 5.75 Å². The zero-order valence-electron chi connectivity index (χ0n) is 12.0. The maximum atomic E-state index is 11.4. The molecule has 5 nitrogen and oxygen atoms in total. The third-order valence-electron chi connectivity index (χ3n) is 2.84. The number of anilines is 1. The second kappa shape index (κ2) is 6.58. The molecule has 0 spiro atoms. The topological polar surface area (TPSA) is 68.3 Å². The van der Waals surface area contributed by atoms with Crippen LogP contribution in [-0.2, 0) is 16.4 Å². The van der Waals surface area contributed by atoms with Crippen LogP contribution in [0.15, 0.2) is 47.5 Å². The molecule has 0 fully saturated rings. The highest BCUT2D eigenvalue weighted by Crippen LogP contribution is 2.17. The molecule has 0 bridgehead atoms. The number of nitrogens with one attached hydrogen (secondary N) is 1. The van der Waals surface area contributed by atoms with Crippen LogP contribution in [0.1, 0.15) is 12.5 Å². The van der Waals surface area contributed by atoms with Gasteiger partial charge in [-0.15, -0.1) is 0 Å². The van der Waals surface area contributed by atoms with E-state index in [2.05, 4.69) is 10.3 Å². The summed E-state index contributed by atoms with van der Waals surface area (Å²) in [5.41, 5.74) is 0.994. The molecule has 1 aromatic carbocycles. The van der Waals surface area contributed by atoms with E-state index in [1.807, 2.05) is 19.1 Å². The highest BCUT2D eigenvalue weighted by Gasteiger charge is 2.06. The van der Waals surface area contributed by atoms with Gasteiger partial charge in [-0.25, -0.2) is 13.4 Å². The monoisotopic (exact) mass is 306 g/mol. The summed E-state index contributed by atoms with van der Waals surface area (Å²) in [6.07, 6.45) is 2.91. The number of hydrogen-bond donors (Lipinski definition) is 1. The fraction of sp³-hybridized carbons (Fsp3) is 0.267. The molecular formula is C15H18N2O3S. The summed E-state index contributed by atoms with van der Waals surface area (Å²) < 4.78 is 28.4. The summed E-state index contributed by atoms with van der Waals surface area (Å²) in [7, 11) is -3.17. The van der Waals surface area contributed by atoms with Gasteiger partial charge >= 0.3 is 0 Å². The van der Waals surface area contributed by atoms with Crippen LogP contribution in [0.2, 0.25) is 0 Å². The molecule has 6 heteroatoms. The van der Waals surface area contributed by atoms with Gasteiger partial charge in [0, 0.05) is 19.0 Å². The van der Waals surface area contributed by atoms with Gasteiger partial charge in [-0.05, 0) is 48.9 Å². The Morgan fingerprint density at radius 3 is 2.52 bits per heavy atom. The lowest BCUT2D eigenvalue weighted by molar-refractivity contribution is 0.306. The van der Waals surface area contributed by atoms with Crippen LogP contribution >= 0.6 is 0 Å². The molecule has 2 aromatic rings. The molecule has 0 unspecified atom stereocenters. The van der Waals surface area contributed by atoms with Crippen molar-refractivity contribution in [2.75, 3.05) is 18.1 Å². The summed E-state index contributed by atoms with van der Waals surface area (Å²) in [5, 5.41) is 3.14. The standard InChI is InChI=1S/C15H18N2O3S/c1-3-16-15-10-12(8-9-17-15)11-20-13-4-6-14(7-5-13)21(2,18)19/h4-10H,3,11H2,1-2H3,(H,16,17). The van der Waals surface area contributed by atoms with E-state index in [0.717, 1.165) is 17.9 Å². The summed E-state index contributed by atoms with van der Waals surface area (Å²) in [4.78, 5) is 4.47. The highest BCUT2D eigenvalue weighted by atomic mass is 32.2. The van der Waals surface area contributed by atoms with Crippen molar-refractivity contribution in [3.63, 3.8) is 0 Å². The van der Waals surface area contributed by atoms with Crippen molar-refractivity contribution in [2.24, 2.45) is 0 Å². The number of nitrogens with zero attached hydrogens (tertiary/aromatic N) is 1. The molecule has 0 saturated carbocycles. The number of benzene rings is 1. The maximum Gasteiger partial charge on any atom is 0.175 e. The first-order chi connectivity index (χ1) is 9.99. The second-order valence-corrected chi connectivity index (χ2v) is 6.63. The van der Waals surface area contributed by atoms with Gasteiger partial charge in [0.2, 0.25) is 0 Å². The summed E-state index contributed by atoms with van der Waals surface area (Å²) in [5.74, 6) is 1.44. The molecule has 1 heterocycles. The van der Waals surface area contributed by atoms with Gasteiger partial charge in [-0.3, -0.25) is 0 Å². The van der Waals surface area contributed by atoms with E-state index >= 15 is 0 Å². The quantitative estimate of drug-likeness (QED) is 0.888. The Balaban J connectivity index is 2.01. The second-order valence-electron chi connectivity index (χ2n) is 4.61. The molecule has 0 saturated heterocycles. The lowest BCUT2D eigenvalue weighted by atomic mass is 10.2. The first-order valence-electron chi connectivity index (χ1n) is 6.61. The van der Waals surface area contributed by atoms with Gasteiger partial charge in [0.1, 0.15) is 18.2 Å². The van der Waals surface area contributed by atoms with E-state index in [1.54, 1.807) is 30.5 Å². The van der Waals surface area contributed by atoms with Crippen LogP contribution in [0.25, 0.3) is 0 Å². The fourth-order valence-electron chi connectivity index (χ4n) is 1.79. The number of sulfone groups is 1. The van der Waals surface area contributed by atoms with Crippen molar-refractivity contribution < 1.29 is 13.2 Å². The van der Waals surface area contributed by atoms with Crippen LogP contribution in [-0.4, -0.2) is 26.2 Å². The average Bonchev–Trinajstić information content (AvgIpc) is 2.45. The normalized spacial score (nSPS) is 11.1. The van der Waals surface area contributed by atoms with Gasteiger partial charge in [0.25, 0.3) is 0 Å². The van der Waals surface area contributed by atoms with Crippen LogP contribution in [0, 0.1) is 0 Å². The number of rotatable bonds is 6. The largest absolute Gasteiger partial charge is 0.489 e. The summed E-state index contributed by atoms with van der Waals surface area (Å²) >= 11 is 0. The fourth-order valence-corrected chi connectivity index (χ4v) is 2.42. The minimum absolute atomic E-state index is 0.285. The van der Waals surface area contributed by atoms with Crippen molar-refractivity contribution in [1.29, 1.82) is 0 Å². The average molecular weight is 306 g/mol. The molecule has 112 valence electrons. The van der Waals surface area contributed by atoms with Crippen LogP contribution in [0.4, 0.5) is 5.82 Å². The molecule has 0 aliphatic heterocycles. The lowest BCUT2D eigenvalue weighted by Gasteiger charge is -2.08. The van der Waals surface area contributed by atoms with Crippen molar-refractivity contribution in [3.05, 3.63) is 48.2 Å². The third kappa shape index (κ3) is 4.46. The number of hydrogen-bond acceptors (Lipinski definition) is 5. The van der Waals surface area contributed by atoms with E-state index in [-0.39, 0.29) is 4.90 Å². The number of ether oxygens (including phenoxy) is 1. The molecule has 0 aliphatic rings. The van der Waals surface area contributed by atoms with Crippen LogP contribution in [0.5, 0.6) is 5.75 Å². The van der Waals surface area contributed by atoms with E-state index < -0.39 is 9.84 Å². The Labute approximate surface area is 124 Å². The van der Waals surface area contributed by atoms with E-state index in [0.29, 0.717) is 12.4 Å². The molecule has 0 aliphatic carbocycles. The van der Waals surface area contributed by atoms with E-state index in [9.17, 15) is 8.42 Å². The van der Waals surface area contributed by atoms with Gasteiger partial charge in [-0.1, -0.05) is 0 Å². The van der Waals surface area contributed by atoms with E-state index in [4.69, 9.17) is 4.74 Å². The molecule has 1 N–H and O–H groups in total. The zero-order valence-corrected chi connectivity index (χ0v) is 12.9. The van der Waals surface area contributed by atoms with Gasteiger partial charge < -0.3 is 10.1 Å². The number of pyridine rings is 1.